The number of carbonyl (C=O) groups is 2. The van der Waals surface area contributed by atoms with Gasteiger partial charge in [-0.3, -0.25) is 14.9 Å². The van der Waals surface area contributed by atoms with E-state index in [0.29, 0.717) is 11.3 Å². The van der Waals surface area contributed by atoms with Gasteiger partial charge in [0, 0.05) is 28.9 Å². The molecule has 1 N–H and O–H groups in total. The Bertz CT molecular complexity index is 1230. The smallest absolute Gasteiger partial charge is 0.387 e. The summed E-state index contributed by atoms with van der Waals surface area (Å²) in [4.78, 5) is 35.1. The van der Waals surface area contributed by atoms with Gasteiger partial charge in [-0.15, -0.1) is 0 Å². The van der Waals surface area contributed by atoms with Crippen LogP contribution in [0.5, 0.6) is 11.5 Å². The Morgan fingerprint density at radius 1 is 0.971 bits per heavy atom. The van der Waals surface area contributed by atoms with Crippen molar-refractivity contribution in [3.63, 3.8) is 0 Å². The molecule has 3 aromatic carbocycles. The molecule has 3 rings (SSSR count). The van der Waals surface area contributed by atoms with E-state index in [9.17, 15) is 28.5 Å². The average molecular weight is 472 g/mol. The number of nitrogens with zero attached hydrogens (tertiary/aromatic N) is 1. The van der Waals surface area contributed by atoms with Crippen molar-refractivity contribution in [3.8, 4) is 22.6 Å². The molecular weight excluding hydrogens is 454 g/mol. The lowest BCUT2D eigenvalue weighted by atomic mass is 10.0. The number of hydrogen-bond acceptors (Lipinski definition) is 7. The van der Waals surface area contributed by atoms with Crippen molar-refractivity contribution in [1.82, 2.24) is 0 Å². The number of methoxy groups -OCH3 is 2. The Morgan fingerprint density at radius 2 is 1.65 bits per heavy atom. The molecule has 0 aliphatic carbocycles. The van der Waals surface area contributed by atoms with E-state index in [-0.39, 0.29) is 28.1 Å². The van der Waals surface area contributed by atoms with Crippen molar-refractivity contribution in [3.05, 3.63) is 81.9 Å². The normalized spacial score (nSPS) is 10.5. The van der Waals surface area contributed by atoms with Crippen molar-refractivity contribution in [2.45, 2.75) is 6.61 Å². The number of non-ortho nitro benzene ring substituents is 1. The first-order valence-electron chi connectivity index (χ1n) is 9.64. The topological polar surface area (TPSA) is 117 Å². The fourth-order valence-electron chi connectivity index (χ4n) is 3.09. The molecule has 0 saturated heterocycles. The summed E-state index contributed by atoms with van der Waals surface area (Å²) in [5.41, 5.74) is 0.136. The number of esters is 1. The largest absolute Gasteiger partial charge is 0.497 e. The van der Waals surface area contributed by atoms with E-state index in [1.54, 1.807) is 24.3 Å². The number of halogens is 2. The van der Waals surface area contributed by atoms with Gasteiger partial charge in [0.2, 0.25) is 0 Å². The summed E-state index contributed by atoms with van der Waals surface area (Å²) in [6.45, 7) is -3.07. The third kappa shape index (κ3) is 5.63. The predicted molar refractivity (Wildman–Crippen MR) is 117 cm³/mol. The lowest BCUT2D eigenvalue weighted by Crippen LogP contribution is -2.14. The first-order valence-corrected chi connectivity index (χ1v) is 9.64. The zero-order valence-electron chi connectivity index (χ0n) is 17.9. The van der Waals surface area contributed by atoms with Gasteiger partial charge < -0.3 is 19.5 Å². The van der Waals surface area contributed by atoms with E-state index in [1.165, 1.54) is 25.3 Å². The minimum Gasteiger partial charge on any atom is -0.497 e. The van der Waals surface area contributed by atoms with Crippen molar-refractivity contribution >= 4 is 23.3 Å². The molecule has 0 fully saturated rings. The Labute approximate surface area is 192 Å². The van der Waals surface area contributed by atoms with Gasteiger partial charge in [-0.1, -0.05) is 12.1 Å². The van der Waals surface area contributed by atoms with Crippen LogP contribution in [0, 0.1) is 10.1 Å². The zero-order chi connectivity index (χ0) is 24.8. The van der Waals surface area contributed by atoms with Crippen LogP contribution in [0.25, 0.3) is 11.1 Å². The summed E-state index contributed by atoms with van der Waals surface area (Å²) in [6, 6.07) is 13.6. The molecule has 11 heteroatoms. The number of benzene rings is 3. The molecule has 0 aliphatic heterocycles. The van der Waals surface area contributed by atoms with Crippen LogP contribution in [0.4, 0.5) is 20.2 Å². The number of ether oxygens (including phenoxy) is 3. The van der Waals surface area contributed by atoms with Gasteiger partial charge in [0.15, 0.2) is 0 Å². The maximum Gasteiger partial charge on any atom is 0.387 e. The number of amides is 1. The standard InChI is InChI=1S/C23H18F2N2O7/c1-32-18-6-3-13(4-7-18)19-12-16(5-8-20(19)34-23(24)25)26-21(28)14-9-15(22(29)33-2)11-17(10-14)27(30)31/h3-12,23H,1-2H3,(H,26,28). The lowest BCUT2D eigenvalue weighted by Gasteiger charge is -2.14. The maximum absolute atomic E-state index is 12.9. The average Bonchev–Trinajstić information content (AvgIpc) is 2.83. The molecule has 0 heterocycles. The summed E-state index contributed by atoms with van der Waals surface area (Å²) in [6.07, 6.45) is 0. The number of carbonyl (C=O) groups excluding carboxylic acids is 2. The van der Waals surface area contributed by atoms with E-state index in [1.807, 2.05) is 0 Å². The number of nitro groups is 1. The highest BCUT2D eigenvalue weighted by Gasteiger charge is 2.19. The second kappa shape index (κ2) is 10.4. The molecule has 9 nitrogen and oxygen atoms in total. The minimum absolute atomic E-state index is 0.124. The van der Waals surface area contributed by atoms with E-state index < -0.39 is 29.1 Å². The third-order valence-electron chi connectivity index (χ3n) is 4.67. The summed E-state index contributed by atoms with van der Waals surface area (Å²) in [5, 5.41) is 13.7. The second-order valence-electron chi connectivity index (χ2n) is 6.79. The Hall–Kier alpha value is -4.54. The lowest BCUT2D eigenvalue weighted by molar-refractivity contribution is -0.384. The molecule has 1 amide bonds. The van der Waals surface area contributed by atoms with Gasteiger partial charge in [-0.2, -0.15) is 8.78 Å². The van der Waals surface area contributed by atoms with Crippen molar-refractivity contribution in [2.24, 2.45) is 0 Å². The monoisotopic (exact) mass is 472 g/mol. The molecule has 0 bridgehead atoms. The number of rotatable bonds is 8. The van der Waals surface area contributed by atoms with Crippen LogP contribution in [-0.2, 0) is 4.74 Å². The SMILES string of the molecule is COC(=O)c1cc(C(=O)Nc2ccc(OC(F)F)c(-c3ccc(OC)cc3)c2)cc([N+](=O)[O-])c1. The predicted octanol–water partition coefficient (Wildman–Crippen LogP) is 4.91. The Kier molecular flexibility index (Phi) is 7.36. The molecular formula is C23H18F2N2O7. The van der Waals surface area contributed by atoms with E-state index in [4.69, 9.17) is 4.74 Å². The van der Waals surface area contributed by atoms with Gasteiger partial charge in [-0.05, 0) is 42.0 Å². The summed E-state index contributed by atoms with van der Waals surface area (Å²) >= 11 is 0. The number of hydrogen-bond donors (Lipinski definition) is 1. The number of nitro benzene ring substituents is 1. The molecule has 0 atom stereocenters. The molecule has 0 aromatic heterocycles. The van der Waals surface area contributed by atoms with Gasteiger partial charge >= 0.3 is 12.6 Å². The Balaban J connectivity index is 1.97. The highest BCUT2D eigenvalue weighted by Crippen LogP contribution is 2.35. The van der Waals surface area contributed by atoms with E-state index in [0.717, 1.165) is 25.3 Å². The fourth-order valence-corrected chi connectivity index (χ4v) is 3.09. The first kappa shape index (κ1) is 24.1. The van der Waals surface area contributed by atoms with Crippen molar-refractivity contribution < 1.29 is 37.5 Å². The number of anilines is 1. The molecule has 176 valence electrons. The van der Waals surface area contributed by atoms with Crippen molar-refractivity contribution in [2.75, 3.05) is 19.5 Å². The highest BCUT2D eigenvalue weighted by atomic mass is 19.3. The molecule has 34 heavy (non-hydrogen) atoms. The zero-order valence-corrected chi connectivity index (χ0v) is 17.9. The second-order valence-corrected chi connectivity index (χ2v) is 6.79. The van der Waals surface area contributed by atoms with Gasteiger partial charge in [0.1, 0.15) is 11.5 Å². The minimum atomic E-state index is -3.07. The molecule has 0 aliphatic rings. The molecule has 0 unspecified atom stereocenters. The maximum atomic E-state index is 12.9. The first-order chi connectivity index (χ1) is 16.2. The van der Waals surface area contributed by atoms with E-state index in [2.05, 4.69) is 14.8 Å². The molecule has 3 aromatic rings. The van der Waals surface area contributed by atoms with Crippen LogP contribution >= 0.6 is 0 Å². The summed E-state index contributed by atoms with van der Waals surface area (Å²) in [7, 11) is 2.58. The summed E-state index contributed by atoms with van der Waals surface area (Å²) < 4.78 is 40.1. The van der Waals surface area contributed by atoms with Crippen LogP contribution in [-0.4, -0.2) is 37.6 Å². The van der Waals surface area contributed by atoms with Crippen LogP contribution in [0.1, 0.15) is 20.7 Å². The number of nitrogens with one attached hydrogen (secondary N) is 1. The fraction of sp³-hybridized carbons (Fsp3) is 0.130. The van der Waals surface area contributed by atoms with Crippen LogP contribution in [0.3, 0.4) is 0 Å². The van der Waals surface area contributed by atoms with Crippen LogP contribution in [0.15, 0.2) is 60.7 Å². The van der Waals surface area contributed by atoms with Crippen molar-refractivity contribution in [1.29, 1.82) is 0 Å². The Morgan fingerprint density at radius 3 is 2.24 bits per heavy atom. The quantitative estimate of drug-likeness (QED) is 0.281. The van der Waals surface area contributed by atoms with E-state index >= 15 is 0 Å². The van der Waals surface area contributed by atoms with Crippen LogP contribution in [0.2, 0.25) is 0 Å². The third-order valence-corrected chi connectivity index (χ3v) is 4.67. The van der Waals surface area contributed by atoms with Gasteiger partial charge in [0.25, 0.3) is 11.6 Å². The molecule has 0 saturated carbocycles. The highest BCUT2D eigenvalue weighted by molar-refractivity contribution is 6.06. The van der Waals surface area contributed by atoms with Crippen LogP contribution < -0.4 is 14.8 Å². The molecule has 0 spiro atoms. The number of alkyl halides is 2. The van der Waals surface area contributed by atoms with Gasteiger partial charge in [0.05, 0.1) is 24.7 Å². The van der Waals surface area contributed by atoms with Gasteiger partial charge in [-0.25, -0.2) is 4.79 Å². The molecule has 0 radical (unpaired) electrons. The summed E-state index contributed by atoms with van der Waals surface area (Å²) in [5.74, 6) is -1.19.